The van der Waals surface area contributed by atoms with Crippen LogP contribution in [-0.4, -0.2) is 21.9 Å². The zero-order chi connectivity index (χ0) is 19.2. The number of nitrogens with zero attached hydrogens (tertiary/aromatic N) is 2. The van der Waals surface area contributed by atoms with E-state index in [9.17, 15) is 4.79 Å². The van der Waals surface area contributed by atoms with Crippen LogP contribution in [0.4, 0.5) is 5.69 Å². The van der Waals surface area contributed by atoms with E-state index in [0.717, 1.165) is 27.0 Å². The molecule has 0 aliphatic rings. The van der Waals surface area contributed by atoms with Crippen molar-refractivity contribution in [3.63, 3.8) is 0 Å². The maximum atomic E-state index is 12.2. The van der Waals surface area contributed by atoms with Crippen molar-refractivity contribution >= 4 is 39.3 Å². The SMILES string of the molecule is Cc1c(Br)ccc(NC(=O)CSc2nnc(COc3ccccc3)o2)c1C. The molecule has 6 nitrogen and oxygen atoms in total. The van der Waals surface area contributed by atoms with Crippen LogP contribution in [0.3, 0.4) is 0 Å². The number of hydrogen-bond acceptors (Lipinski definition) is 6. The van der Waals surface area contributed by atoms with Crippen LogP contribution in [0.25, 0.3) is 0 Å². The minimum atomic E-state index is -0.134. The molecule has 3 rings (SSSR count). The van der Waals surface area contributed by atoms with Gasteiger partial charge in [-0.15, -0.1) is 10.2 Å². The van der Waals surface area contributed by atoms with Gasteiger partial charge in [0.1, 0.15) is 5.75 Å². The maximum absolute atomic E-state index is 12.2. The van der Waals surface area contributed by atoms with Crippen molar-refractivity contribution in [2.24, 2.45) is 0 Å². The number of hydrogen-bond donors (Lipinski definition) is 1. The molecule has 27 heavy (non-hydrogen) atoms. The van der Waals surface area contributed by atoms with E-state index in [1.807, 2.05) is 56.3 Å². The normalized spacial score (nSPS) is 10.6. The van der Waals surface area contributed by atoms with Gasteiger partial charge in [0.05, 0.1) is 5.75 Å². The molecule has 0 aliphatic heterocycles. The Kier molecular flexibility index (Phi) is 6.52. The summed E-state index contributed by atoms with van der Waals surface area (Å²) in [5, 5.41) is 11.1. The van der Waals surface area contributed by atoms with Gasteiger partial charge < -0.3 is 14.5 Å². The second kappa shape index (κ2) is 9.05. The number of benzene rings is 2. The summed E-state index contributed by atoms with van der Waals surface area (Å²) >= 11 is 4.67. The number of para-hydroxylation sites is 1. The number of thioether (sulfide) groups is 1. The second-order valence-electron chi connectivity index (χ2n) is 5.75. The lowest BCUT2D eigenvalue weighted by Gasteiger charge is -2.11. The third kappa shape index (κ3) is 5.33. The Morgan fingerprint density at radius 1 is 1.15 bits per heavy atom. The van der Waals surface area contributed by atoms with Crippen molar-refractivity contribution in [3.8, 4) is 5.75 Å². The molecule has 0 unspecified atom stereocenters. The van der Waals surface area contributed by atoms with Crippen molar-refractivity contribution in [2.45, 2.75) is 25.7 Å². The molecule has 0 bridgehead atoms. The molecule has 2 aromatic carbocycles. The Balaban J connectivity index is 1.49. The lowest BCUT2D eigenvalue weighted by molar-refractivity contribution is -0.113. The highest BCUT2D eigenvalue weighted by Crippen LogP contribution is 2.26. The molecule has 1 N–H and O–H groups in total. The summed E-state index contributed by atoms with van der Waals surface area (Å²) in [6.07, 6.45) is 0. The van der Waals surface area contributed by atoms with Crippen LogP contribution in [0.15, 0.2) is 56.6 Å². The van der Waals surface area contributed by atoms with Gasteiger partial charge >= 0.3 is 0 Å². The molecule has 0 saturated carbocycles. The van der Waals surface area contributed by atoms with E-state index in [0.29, 0.717) is 11.1 Å². The Bertz CT molecular complexity index is 931. The Morgan fingerprint density at radius 2 is 1.93 bits per heavy atom. The predicted octanol–water partition coefficient (Wildman–Crippen LogP) is 4.76. The standard InChI is InChI=1S/C19H18BrN3O3S/c1-12-13(2)16(9-8-15(12)20)21-17(24)11-27-19-23-22-18(26-19)10-25-14-6-4-3-5-7-14/h3-9H,10-11H2,1-2H3,(H,21,24). The van der Waals surface area contributed by atoms with Gasteiger partial charge in [0.15, 0.2) is 6.61 Å². The molecule has 1 aromatic heterocycles. The van der Waals surface area contributed by atoms with Gasteiger partial charge in [-0.05, 0) is 49.2 Å². The average molecular weight is 448 g/mol. The van der Waals surface area contributed by atoms with E-state index >= 15 is 0 Å². The van der Waals surface area contributed by atoms with Gasteiger partial charge in [-0.1, -0.05) is 45.9 Å². The van der Waals surface area contributed by atoms with Crippen LogP contribution in [0, 0.1) is 13.8 Å². The highest BCUT2D eigenvalue weighted by molar-refractivity contribution is 9.10. The molecule has 1 amide bonds. The average Bonchev–Trinajstić information content (AvgIpc) is 3.14. The maximum Gasteiger partial charge on any atom is 0.277 e. The number of ether oxygens (including phenoxy) is 1. The van der Waals surface area contributed by atoms with Crippen LogP contribution in [0.2, 0.25) is 0 Å². The first-order valence-electron chi connectivity index (χ1n) is 8.21. The molecular weight excluding hydrogens is 430 g/mol. The van der Waals surface area contributed by atoms with Gasteiger partial charge in [0, 0.05) is 10.2 Å². The second-order valence-corrected chi connectivity index (χ2v) is 7.53. The molecular formula is C19H18BrN3O3S. The van der Waals surface area contributed by atoms with Crippen LogP contribution >= 0.6 is 27.7 Å². The molecule has 3 aromatic rings. The van der Waals surface area contributed by atoms with Gasteiger partial charge in [-0.3, -0.25) is 4.79 Å². The summed E-state index contributed by atoms with van der Waals surface area (Å²) in [4.78, 5) is 12.2. The Hall–Kier alpha value is -2.32. The molecule has 0 radical (unpaired) electrons. The molecule has 0 saturated heterocycles. The Labute approximate surface area is 169 Å². The number of rotatable bonds is 7. The lowest BCUT2D eigenvalue weighted by atomic mass is 10.1. The largest absolute Gasteiger partial charge is 0.484 e. The first-order chi connectivity index (χ1) is 13.0. The number of amides is 1. The van der Waals surface area contributed by atoms with E-state index in [4.69, 9.17) is 9.15 Å². The van der Waals surface area contributed by atoms with Crippen LogP contribution in [0.1, 0.15) is 17.0 Å². The Morgan fingerprint density at radius 3 is 2.70 bits per heavy atom. The molecule has 0 fully saturated rings. The zero-order valence-corrected chi connectivity index (χ0v) is 17.3. The van der Waals surface area contributed by atoms with Gasteiger partial charge in [-0.25, -0.2) is 0 Å². The van der Waals surface area contributed by atoms with E-state index in [1.165, 1.54) is 11.8 Å². The number of carbonyl (C=O) groups is 1. The first-order valence-corrected chi connectivity index (χ1v) is 9.99. The fourth-order valence-corrected chi connectivity index (χ4v) is 3.26. The molecule has 140 valence electrons. The van der Waals surface area contributed by atoms with Crippen molar-refractivity contribution in [3.05, 3.63) is 64.0 Å². The smallest absolute Gasteiger partial charge is 0.277 e. The van der Waals surface area contributed by atoms with E-state index in [-0.39, 0.29) is 18.3 Å². The minimum absolute atomic E-state index is 0.134. The quantitative estimate of drug-likeness (QED) is 0.526. The van der Waals surface area contributed by atoms with Gasteiger partial charge in [0.25, 0.3) is 11.1 Å². The summed E-state index contributed by atoms with van der Waals surface area (Å²) in [6, 6.07) is 13.2. The molecule has 1 heterocycles. The van der Waals surface area contributed by atoms with Crippen LogP contribution in [0.5, 0.6) is 5.75 Å². The van der Waals surface area contributed by atoms with Crippen molar-refractivity contribution in [1.29, 1.82) is 0 Å². The molecule has 0 spiro atoms. The summed E-state index contributed by atoms with van der Waals surface area (Å²) in [5.41, 5.74) is 2.92. The third-order valence-electron chi connectivity index (χ3n) is 3.88. The number of aromatic nitrogens is 2. The first kappa shape index (κ1) is 19.4. The number of nitrogens with one attached hydrogen (secondary N) is 1. The van der Waals surface area contributed by atoms with Crippen molar-refractivity contribution in [1.82, 2.24) is 10.2 Å². The van der Waals surface area contributed by atoms with Gasteiger partial charge in [-0.2, -0.15) is 0 Å². The summed E-state index contributed by atoms with van der Waals surface area (Å²) in [6.45, 7) is 4.16. The monoisotopic (exact) mass is 447 g/mol. The zero-order valence-electron chi connectivity index (χ0n) is 14.9. The fraction of sp³-hybridized carbons (Fsp3) is 0.211. The highest BCUT2D eigenvalue weighted by atomic mass is 79.9. The summed E-state index contributed by atoms with van der Waals surface area (Å²) < 4.78 is 12.1. The number of carbonyl (C=O) groups excluding carboxylic acids is 1. The topological polar surface area (TPSA) is 77.2 Å². The predicted molar refractivity (Wildman–Crippen MR) is 108 cm³/mol. The van der Waals surface area contributed by atoms with Crippen molar-refractivity contribution in [2.75, 3.05) is 11.1 Å². The van der Waals surface area contributed by atoms with Crippen LogP contribution < -0.4 is 10.1 Å². The third-order valence-corrected chi connectivity index (χ3v) is 5.55. The number of halogens is 1. The van der Waals surface area contributed by atoms with E-state index < -0.39 is 0 Å². The lowest BCUT2D eigenvalue weighted by Crippen LogP contribution is -2.15. The van der Waals surface area contributed by atoms with E-state index in [1.54, 1.807) is 0 Å². The minimum Gasteiger partial charge on any atom is -0.484 e. The van der Waals surface area contributed by atoms with Crippen molar-refractivity contribution < 1.29 is 13.9 Å². The van der Waals surface area contributed by atoms with Gasteiger partial charge in [0.2, 0.25) is 5.91 Å². The fourth-order valence-electron chi connectivity index (χ4n) is 2.25. The van der Waals surface area contributed by atoms with E-state index in [2.05, 4.69) is 31.4 Å². The summed E-state index contributed by atoms with van der Waals surface area (Å²) in [5.74, 6) is 1.13. The van der Waals surface area contributed by atoms with Crippen LogP contribution in [-0.2, 0) is 11.4 Å². The number of anilines is 1. The summed E-state index contributed by atoms with van der Waals surface area (Å²) in [7, 11) is 0. The molecule has 0 atom stereocenters. The molecule has 0 aliphatic carbocycles. The highest BCUT2D eigenvalue weighted by Gasteiger charge is 2.12. The molecule has 8 heteroatoms.